The van der Waals surface area contributed by atoms with Crippen molar-refractivity contribution < 1.29 is 14.2 Å². The lowest BCUT2D eigenvalue weighted by molar-refractivity contribution is 0.0658. The molecule has 1 saturated heterocycles. The molecule has 1 aliphatic rings. The number of hydrogen-bond acceptors (Lipinski definition) is 4. The molecule has 2 atom stereocenters. The van der Waals surface area contributed by atoms with E-state index in [4.69, 9.17) is 4.74 Å². The molecule has 0 unspecified atom stereocenters. The van der Waals surface area contributed by atoms with Crippen LogP contribution in [0.1, 0.15) is 31.7 Å². The highest BCUT2D eigenvalue weighted by Gasteiger charge is 2.21. The zero-order chi connectivity index (χ0) is 19.9. The molecule has 0 bridgehead atoms. The van der Waals surface area contributed by atoms with E-state index in [9.17, 15) is 9.50 Å². The monoisotopic (exact) mass is 386 g/mol. The van der Waals surface area contributed by atoms with Crippen LogP contribution in [0, 0.1) is 5.82 Å². The Labute approximate surface area is 167 Å². The van der Waals surface area contributed by atoms with Gasteiger partial charge in [-0.05, 0) is 36.1 Å². The van der Waals surface area contributed by atoms with Crippen molar-refractivity contribution in [3.8, 4) is 5.75 Å². The van der Waals surface area contributed by atoms with Gasteiger partial charge < -0.3 is 14.7 Å². The summed E-state index contributed by atoms with van der Waals surface area (Å²) in [5.41, 5.74) is 1.85. The van der Waals surface area contributed by atoms with Crippen LogP contribution in [0.3, 0.4) is 0 Å². The second kappa shape index (κ2) is 9.89. The Hall–Kier alpha value is -2.11. The molecule has 0 aromatic heterocycles. The molecule has 0 radical (unpaired) electrons. The number of β-amino-alcohol motifs (C(OH)–C–C–N with tert-alkyl or cyclic N) is 1. The molecule has 0 amide bonds. The van der Waals surface area contributed by atoms with Gasteiger partial charge in [-0.3, -0.25) is 4.90 Å². The van der Waals surface area contributed by atoms with Crippen LogP contribution in [0.4, 0.5) is 10.1 Å². The van der Waals surface area contributed by atoms with E-state index in [2.05, 4.69) is 29.7 Å². The Morgan fingerprint density at radius 2 is 1.71 bits per heavy atom. The summed E-state index contributed by atoms with van der Waals surface area (Å²) in [4.78, 5) is 4.28. The van der Waals surface area contributed by atoms with Crippen LogP contribution in [-0.2, 0) is 0 Å². The molecule has 5 heteroatoms. The van der Waals surface area contributed by atoms with Crippen molar-refractivity contribution in [3.05, 3.63) is 59.9 Å². The molecule has 152 valence electrons. The SMILES string of the molecule is CC[C@@H](C)c1ccccc1OC[C@@H](O)CN1CCN(c2ccccc2F)CC1. The normalized spacial score (nSPS) is 17.4. The average Bonchev–Trinajstić information content (AvgIpc) is 2.73. The lowest BCUT2D eigenvalue weighted by atomic mass is 9.98. The summed E-state index contributed by atoms with van der Waals surface area (Å²) >= 11 is 0. The van der Waals surface area contributed by atoms with Crippen molar-refractivity contribution >= 4 is 5.69 Å². The highest BCUT2D eigenvalue weighted by atomic mass is 19.1. The first-order valence-electron chi connectivity index (χ1n) is 10.2. The molecular formula is C23H31FN2O2. The topological polar surface area (TPSA) is 35.9 Å². The number of hydrogen-bond donors (Lipinski definition) is 1. The zero-order valence-electron chi connectivity index (χ0n) is 16.9. The van der Waals surface area contributed by atoms with Gasteiger partial charge in [0.25, 0.3) is 0 Å². The Morgan fingerprint density at radius 3 is 2.43 bits per heavy atom. The maximum absolute atomic E-state index is 13.9. The molecule has 3 rings (SSSR count). The van der Waals surface area contributed by atoms with E-state index in [1.54, 1.807) is 6.07 Å². The van der Waals surface area contributed by atoms with Crippen molar-refractivity contribution in [3.63, 3.8) is 0 Å². The van der Waals surface area contributed by atoms with E-state index in [1.807, 2.05) is 30.3 Å². The minimum Gasteiger partial charge on any atom is -0.491 e. The first-order chi connectivity index (χ1) is 13.6. The van der Waals surface area contributed by atoms with E-state index in [-0.39, 0.29) is 12.4 Å². The van der Waals surface area contributed by atoms with E-state index in [0.717, 1.165) is 38.3 Å². The van der Waals surface area contributed by atoms with Crippen LogP contribution >= 0.6 is 0 Å². The van der Waals surface area contributed by atoms with Crippen LogP contribution in [0.2, 0.25) is 0 Å². The van der Waals surface area contributed by atoms with Crippen LogP contribution in [0.15, 0.2) is 48.5 Å². The number of anilines is 1. The summed E-state index contributed by atoms with van der Waals surface area (Å²) in [6, 6.07) is 15.0. The largest absolute Gasteiger partial charge is 0.491 e. The molecule has 28 heavy (non-hydrogen) atoms. The summed E-state index contributed by atoms with van der Waals surface area (Å²) < 4.78 is 19.9. The van der Waals surface area contributed by atoms with Gasteiger partial charge in [-0.15, -0.1) is 0 Å². The van der Waals surface area contributed by atoms with Gasteiger partial charge in [0.15, 0.2) is 0 Å². The van der Waals surface area contributed by atoms with Gasteiger partial charge in [0, 0.05) is 32.7 Å². The quantitative estimate of drug-likeness (QED) is 0.746. The maximum atomic E-state index is 13.9. The van der Waals surface area contributed by atoms with Gasteiger partial charge in [0.05, 0.1) is 5.69 Å². The number of ether oxygens (including phenoxy) is 1. The van der Waals surface area contributed by atoms with Gasteiger partial charge >= 0.3 is 0 Å². The van der Waals surface area contributed by atoms with Crippen LogP contribution in [0.25, 0.3) is 0 Å². The smallest absolute Gasteiger partial charge is 0.146 e. The van der Waals surface area contributed by atoms with Gasteiger partial charge in [-0.25, -0.2) is 4.39 Å². The number of piperazine rings is 1. The molecule has 1 aliphatic heterocycles. The molecule has 0 aliphatic carbocycles. The number of halogens is 1. The van der Waals surface area contributed by atoms with Crippen molar-refractivity contribution in [2.24, 2.45) is 0 Å². The standard InChI is InChI=1S/C23H31FN2O2/c1-3-18(2)20-8-4-7-11-23(20)28-17-19(27)16-25-12-14-26(15-13-25)22-10-6-5-9-21(22)24/h4-11,18-19,27H,3,12-17H2,1-2H3/t18-,19+/m1/s1. The highest BCUT2D eigenvalue weighted by Crippen LogP contribution is 2.28. The molecule has 4 nitrogen and oxygen atoms in total. The first-order valence-corrected chi connectivity index (χ1v) is 10.2. The predicted octanol–water partition coefficient (Wildman–Crippen LogP) is 3.90. The summed E-state index contributed by atoms with van der Waals surface area (Å²) in [6.07, 6.45) is 0.500. The van der Waals surface area contributed by atoms with Crippen LogP contribution in [-0.4, -0.2) is 55.4 Å². The van der Waals surface area contributed by atoms with Gasteiger partial charge in [-0.1, -0.05) is 44.2 Å². The van der Waals surface area contributed by atoms with E-state index >= 15 is 0 Å². The molecule has 1 N–H and O–H groups in total. The number of aliphatic hydroxyl groups excluding tert-OH is 1. The lowest BCUT2D eigenvalue weighted by Gasteiger charge is -2.37. The Balaban J connectivity index is 1.47. The van der Waals surface area contributed by atoms with E-state index < -0.39 is 6.10 Å². The lowest BCUT2D eigenvalue weighted by Crippen LogP contribution is -2.49. The third-order valence-electron chi connectivity index (χ3n) is 5.53. The first kappa shape index (κ1) is 20.6. The predicted molar refractivity (Wildman–Crippen MR) is 112 cm³/mol. The summed E-state index contributed by atoms with van der Waals surface area (Å²) in [5, 5.41) is 10.4. The van der Waals surface area contributed by atoms with Gasteiger partial charge in [0.2, 0.25) is 0 Å². The van der Waals surface area contributed by atoms with Gasteiger partial charge in [0.1, 0.15) is 24.3 Å². The van der Waals surface area contributed by atoms with Crippen LogP contribution < -0.4 is 9.64 Å². The molecule has 2 aromatic carbocycles. The van der Waals surface area contributed by atoms with Crippen molar-refractivity contribution in [2.75, 3.05) is 44.2 Å². The average molecular weight is 387 g/mol. The summed E-state index contributed by atoms with van der Waals surface area (Å²) in [5.74, 6) is 1.12. The Kier molecular flexibility index (Phi) is 7.29. The van der Waals surface area contributed by atoms with E-state index in [1.165, 1.54) is 11.6 Å². The Bertz CT molecular complexity index is 747. The minimum atomic E-state index is -0.551. The zero-order valence-corrected chi connectivity index (χ0v) is 16.9. The second-order valence-electron chi connectivity index (χ2n) is 7.55. The number of para-hydroxylation sites is 2. The van der Waals surface area contributed by atoms with E-state index in [0.29, 0.717) is 18.2 Å². The minimum absolute atomic E-state index is 0.177. The third-order valence-corrected chi connectivity index (χ3v) is 5.53. The molecule has 0 saturated carbocycles. The number of benzene rings is 2. The fourth-order valence-corrected chi connectivity index (χ4v) is 3.66. The number of rotatable bonds is 8. The summed E-state index contributed by atoms with van der Waals surface area (Å²) in [6.45, 7) is 8.31. The maximum Gasteiger partial charge on any atom is 0.146 e. The fourth-order valence-electron chi connectivity index (χ4n) is 3.66. The molecule has 1 heterocycles. The van der Waals surface area contributed by atoms with Crippen molar-refractivity contribution in [1.82, 2.24) is 4.90 Å². The third kappa shape index (κ3) is 5.24. The number of nitrogens with zero attached hydrogens (tertiary/aromatic N) is 2. The van der Waals surface area contributed by atoms with Crippen molar-refractivity contribution in [1.29, 1.82) is 0 Å². The second-order valence-corrected chi connectivity index (χ2v) is 7.55. The Morgan fingerprint density at radius 1 is 1.04 bits per heavy atom. The number of aliphatic hydroxyl groups is 1. The summed E-state index contributed by atoms with van der Waals surface area (Å²) in [7, 11) is 0. The molecule has 2 aromatic rings. The molecular weight excluding hydrogens is 355 g/mol. The fraction of sp³-hybridized carbons (Fsp3) is 0.478. The molecule has 0 spiro atoms. The molecule has 1 fully saturated rings. The highest BCUT2D eigenvalue weighted by molar-refractivity contribution is 5.48. The van der Waals surface area contributed by atoms with Crippen molar-refractivity contribution in [2.45, 2.75) is 32.3 Å². The van der Waals surface area contributed by atoms with Crippen LogP contribution in [0.5, 0.6) is 5.75 Å². The van der Waals surface area contributed by atoms with Gasteiger partial charge in [-0.2, -0.15) is 0 Å².